The number of hydrogen-bond donors (Lipinski definition) is 1. The first-order valence-electron chi connectivity index (χ1n) is 5.08. The Morgan fingerprint density at radius 3 is 2.65 bits per heavy atom. The summed E-state index contributed by atoms with van der Waals surface area (Å²) in [5, 5.41) is 0. The number of amides is 1. The molecule has 0 atom stereocenters. The Bertz CT molecular complexity index is 403. The summed E-state index contributed by atoms with van der Waals surface area (Å²) in [6, 6.07) is 3.27. The molecule has 1 aromatic heterocycles. The molecule has 0 radical (unpaired) electrons. The number of carbonyl (C=O) groups is 2. The van der Waals surface area contributed by atoms with Crippen molar-refractivity contribution in [3.05, 3.63) is 23.9 Å². The molecule has 6 nitrogen and oxygen atoms in total. The molecule has 17 heavy (non-hydrogen) atoms. The molecule has 0 aliphatic carbocycles. The van der Waals surface area contributed by atoms with Gasteiger partial charge in [-0.25, -0.2) is 4.98 Å². The largest absolute Gasteiger partial charge is 0.469 e. The van der Waals surface area contributed by atoms with Crippen LogP contribution in [0.1, 0.15) is 16.8 Å². The van der Waals surface area contributed by atoms with Crippen LogP contribution >= 0.6 is 0 Å². The van der Waals surface area contributed by atoms with Gasteiger partial charge in [0.15, 0.2) is 0 Å². The zero-order chi connectivity index (χ0) is 12.8. The number of hydrogen-bond acceptors (Lipinski definition) is 5. The Kier molecular flexibility index (Phi) is 4.45. The van der Waals surface area contributed by atoms with Crippen LogP contribution < -0.4 is 10.6 Å². The average Bonchev–Trinajstić information content (AvgIpc) is 2.35. The second-order valence-corrected chi connectivity index (χ2v) is 3.52. The summed E-state index contributed by atoms with van der Waals surface area (Å²) < 4.78 is 4.54. The number of nitrogens with two attached hydrogens (primary N) is 1. The average molecular weight is 237 g/mol. The minimum atomic E-state index is -0.513. The molecule has 92 valence electrons. The third kappa shape index (κ3) is 3.75. The number of primary amides is 1. The molecule has 2 N–H and O–H groups in total. The van der Waals surface area contributed by atoms with E-state index in [0.29, 0.717) is 17.9 Å². The maximum atomic E-state index is 11.0. The molecule has 1 rings (SSSR count). The van der Waals surface area contributed by atoms with Crippen LogP contribution in [0.5, 0.6) is 0 Å². The molecule has 1 heterocycles. The van der Waals surface area contributed by atoms with Gasteiger partial charge in [-0.3, -0.25) is 9.59 Å². The molecule has 0 spiro atoms. The Labute approximate surface area is 99.4 Å². The van der Waals surface area contributed by atoms with Crippen molar-refractivity contribution in [1.29, 1.82) is 0 Å². The van der Waals surface area contributed by atoms with E-state index in [1.54, 1.807) is 24.1 Å². The highest BCUT2D eigenvalue weighted by Gasteiger charge is 2.07. The van der Waals surface area contributed by atoms with Gasteiger partial charge in [0.1, 0.15) is 5.82 Å². The van der Waals surface area contributed by atoms with Crippen LogP contribution in [-0.4, -0.2) is 37.6 Å². The van der Waals surface area contributed by atoms with Gasteiger partial charge in [-0.1, -0.05) is 0 Å². The Morgan fingerprint density at radius 2 is 2.18 bits per heavy atom. The van der Waals surface area contributed by atoms with Crippen molar-refractivity contribution >= 4 is 17.7 Å². The van der Waals surface area contributed by atoms with E-state index in [2.05, 4.69) is 9.72 Å². The van der Waals surface area contributed by atoms with Gasteiger partial charge in [0.05, 0.1) is 19.1 Å². The summed E-state index contributed by atoms with van der Waals surface area (Å²) in [6.45, 7) is 0.496. The van der Waals surface area contributed by atoms with Gasteiger partial charge in [-0.2, -0.15) is 0 Å². The molecule has 0 aliphatic heterocycles. The van der Waals surface area contributed by atoms with Gasteiger partial charge in [0, 0.05) is 19.8 Å². The molecule has 0 aliphatic rings. The summed E-state index contributed by atoms with van der Waals surface area (Å²) in [5.41, 5.74) is 5.46. The summed E-state index contributed by atoms with van der Waals surface area (Å²) in [7, 11) is 3.15. The van der Waals surface area contributed by atoms with Crippen molar-refractivity contribution in [2.75, 3.05) is 25.6 Å². The van der Waals surface area contributed by atoms with Crippen LogP contribution in [0, 0.1) is 0 Å². The summed E-state index contributed by atoms with van der Waals surface area (Å²) in [6.07, 6.45) is 1.69. The molecule has 1 aromatic rings. The van der Waals surface area contributed by atoms with E-state index in [0.717, 1.165) is 0 Å². The zero-order valence-electron chi connectivity index (χ0n) is 9.84. The van der Waals surface area contributed by atoms with Crippen molar-refractivity contribution < 1.29 is 14.3 Å². The first kappa shape index (κ1) is 13.0. The number of methoxy groups -OCH3 is 1. The molecule has 0 unspecified atom stereocenters. The van der Waals surface area contributed by atoms with Gasteiger partial charge >= 0.3 is 5.97 Å². The molecule has 0 saturated heterocycles. The first-order chi connectivity index (χ1) is 8.04. The lowest BCUT2D eigenvalue weighted by Gasteiger charge is -2.17. The van der Waals surface area contributed by atoms with Gasteiger partial charge in [-0.15, -0.1) is 0 Å². The number of nitrogens with zero attached hydrogens (tertiary/aromatic N) is 2. The maximum absolute atomic E-state index is 11.0. The second kappa shape index (κ2) is 5.83. The van der Waals surface area contributed by atoms with Crippen LogP contribution in [0.15, 0.2) is 18.3 Å². The first-order valence-corrected chi connectivity index (χ1v) is 5.08. The van der Waals surface area contributed by atoms with Crippen LogP contribution in [0.3, 0.4) is 0 Å². The predicted octanol–water partition coefficient (Wildman–Crippen LogP) is 0.180. The molecule has 0 aromatic carbocycles. The normalized spacial score (nSPS) is 9.76. The van der Waals surface area contributed by atoms with Crippen LogP contribution in [0.2, 0.25) is 0 Å². The van der Waals surface area contributed by atoms with Gasteiger partial charge in [0.25, 0.3) is 0 Å². The zero-order valence-corrected chi connectivity index (χ0v) is 9.84. The Balaban J connectivity index is 2.60. The molecule has 0 saturated carbocycles. The summed E-state index contributed by atoms with van der Waals surface area (Å²) in [5.74, 6) is -0.120. The topological polar surface area (TPSA) is 85.5 Å². The van der Waals surface area contributed by atoms with E-state index < -0.39 is 5.91 Å². The van der Waals surface area contributed by atoms with E-state index in [9.17, 15) is 9.59 Å². The molecular weight excluding hydrogens is 222 g/mol. The third-order valence-corrected chi connectivity index (χ3v) is 2.30. The number of ether oxygens (including phenoxy) is 1. The number of carbonyl (C=O) groups excluding carboxylic acids is 2. The van der Waals surface area contributed by atoms with E-state index in [1.807, 2.05) is 0 Å². The van der Waals surface area contributed by atoms with Crippen LogP contribution in [0.25, 0.3) is 0 Å². The molecule has 0 bridgehead atoms. The number of aromatic nitrogens is 1. The second-order valence-electron chi connectivity index (χ2n) is 3.52. The fraction of sp³-hybridized carbons (Fsp3) is 0.364. The molecular formula is C11H15N3O3. The minimum absolute atomic E-state index is 0.273. The SMILES string of the molecule is COC(=O)CCN(C)c1ccc(C(N)=O)cn1. The van der Waals surface area contributed by atoms with Crippen LogP contribution in [-0.2, 0) is 9.53 Å². The van der Waals surface area contributed by atoms with Crippen LogP contribution in [0.4, 0.5) is 5.82 Å². The van der Waals surface area contributed by atoms with E-state index in [1.165, 1.54) is 13.3 Å². The smallest absolute Gasteiger partial charge is 0.307 e. The summed E-state index contributed by atoms with van der Waals surface area (Å²) >= 11 is 0. The highest BCUT2D eigenvalue weighted by molar-refractivity contribution is 5.92. The van der Waals surface area contributed by atoms with Gasteiger partial charge in [0.2, 0.25) is 5.91 Å². The standard InChI is InChI=1S/C11H15N3O3/c1-14(6-5-10(15)17-2)9-4-3-8(7-13-9)11(12)16/h3-4,7H,5-6H2,1-2H3,(H2,12,16). The number of esters is 1. The van der Waals surface area contributed by atoms with E-state index in [4.69, 9.17) is 5.73 Å². The Morgan fingerprint density at radius 1 is 1.47 bits per heavy atom. The predicted molar refractivity (Wildman–Crippen MR) is 62.7 cm³/mol. The highest BCUT2D eigenvalue weighted by atomic mass is 16.5. The molecule has 1 amide bonds. The van der Waals surface area contributed by atoms with Crippen molar-refractivity contribution in [2.45, 2.75) is 6.42 Å². The number of pyridine rings is 1. The van der Waals surface area contributed by atoms with Gasteiger partial charge in [-0.05, 0) is 12.1 Å². The number of anilines is 1. The lowest BCUT2D eigenvalue weighted by molar-refractivity contribution is -0.140. The monoisotopic (exact) mass is 237 g/mol. The quantitative estimate of drug-likeness (QED) is 0.738. The van der Waals surface area contributed by atoms with Crippen molar-refractivity contribution in [1.82, 2.24) is 4.98 Å². The lowest BCUT2D eigenvalue weighted by Crippen LogP contribution is -2.22. The van der Waals surface area contributed by atoms with E-state index >= 15 is 0 Å². The van der Waals surface area contributed by atoms with E-state index in [-0.39, 0.29) is 12.4 Å². The molecule has 6 heteroatoms. The number of rotatable bonds is 5. The minimum Gasteiger partial charge on any atom is -0.469 e. The highest BCUT2D eigenvalue weighted by Crippen LogP contribution is 2.09. The van der Waals surface area contributed by atoms with Crippen molar-refractivity contribution in [2.24, 2.45) is 5.73 Å². The molecule has 0 fully saturated rings. The lowest BCUT2D eigenvalue weighted by atomic mass is 10.2. The maximum Gasteiger partial charge on any atom is 0.307 e. The van der Waals surface area contributed by atoms with Crippen molar-refractivity contribution in [3.63, 3.8) is 0 Å². The van der Waals surface area contributed by atoms with Gasteiger partial charge < -0.3 is 15.4 Å². The summed E-state index contributed by atoms with van der Waals surface area (Å²) in [4.78, 5) is 27.7. The fourth-order valence-electron chi connectivity index (χ4n) is 1.23. The Hall–Kier alpha value is -2.11. The third-order valence-electron chi connectivity index (χ3n) is 2.30. The van der Waals surface area contributed by atoms with Crippen molar-refractivity contribution in [3.8, 4) is 0 Å². The fourth-order valence-corrected chi connectivity index (χ4v) is 1.23.